The summed E-state index contributed by atoms with van der Waals surface area (Å²) in [5, 5.41) is 0. The van der Waals surface area contributed by atoms with E-state index in [1.807, 2.05) is 0 Å². The van der Waals surface area contributed by atoms with Gasteiger partial charge in [0, 0.05) is 37.4 Å². The summed E-state index contributed by atoms with van der Waals surface area (Å²) in [5.41, 5.74) is 12.9. The minimum Gasteiger partial charge on any atom is -0.497 e. The maximum atomic E-state index is 6.57. The number of hydrogen-bond acceptors (Lipinski definition) is 6. The lowest BCUT2D eigenvalue weighted by atomic mass is 9.78. The zero-order valence-electron chi connectivity index (χ0n) is 28.9. The molecule has 6 atom stereocenters. The van der Waals surface area contributed by atoms with Gasteiger partial charge in [0.05, 0.1) is 54.4 Å². The minimum absolute atomic E-state index is 0.190. The molecule has 258 valence electrons. The fraction of sp³-hybridized carbons (Fsp3) is 0.357. The molecule has 0 saturated carbocycles. The summed E-state index contributed by atoms with van der Waals surface area (Å²) in [5.74, 6) is 3.17. The van der Waals surface area contributed by atoms with E-state index in [1.54, 1.807) is 21.3 Å². The lowest BCUT2D eigenvalue weighted by Gasteiger charge is -2.42. The number of thiocarbonyl (C=S) groups is 3. The molecule has 4 aromatic carbocycles. The Morgan fingerprint density at radius 3 is 0.922 bits per heavy atom. The normalized spacial score (nSPS) is 25.9. The lowest BCUT2D eigenvalue weighted by Crippen LogP contribution is -2.40. The average Bonchev–Trinajstić information content (AvgIpc) is 3.87. The van der Waals surface area contributed by atoms with Gasteiger partial charge in [-0.15, -0.1) is 0 Å². The van der Waals surface area contributed by atoms with E-state index in [4.69, 9.17) is 50.9 Å². The molecule has 0 radical (unpaired) electrons. The fourth-order valence-corrected chi connectivity index (χ4v) is 11.6. The van der Waals surface area contributed by atoms with Crippen LogP contribution in [0.2, 0.25) is 0 Å². The van der Waals surface area contributed by atoms with E-state index in [2.05, 4.69) is 87.5 Å². The summed E-state index contributed by atoms with van der Waals surface area (Å²) in [6, 6.07) is 26.0. The number of rotatable bonds is 9. The molecule has 3 aliphatic heterocycles. The Morgan fingerprint density at radius 1 is 0.431 bits per heavy atom. The fourth-order valence-electron chi connectivity index (χ4n) is 10.4. The van der Waals surface area contributed by atoms with Crippen molar-refractivity contribution in [3.8, 4) is 17.2 Å². The van der Waals surface area contributed by atoms with Crippen LogP contribution in [-0.2, 0) is 19.6 Å². The van der Waals surface area contributed by atoms with E-state index in [-0.39, 0.29) is 35.9 Å². The van der Waals surface area contributed by atoms with Crippen molar-refractivity contribution in [2.45, 2.75) is 74.8 Å². The lowest BCUT2D eigenvalue weighted by molar-refractivity contribution is 0.273. The second-order valence-corrected chi connectivity index (χ2v) is 16.1. The molecule has 6 aliphatic rings. The standard InChI is InChI=1S/C42H39N3O3S3/c1-46-25-10-4-22(5-11-25)19-43-31-16-29-35-37(31)34-28(40(43)49)17-32-38(34)36-30(42(51)44(32)20-23-6-12-26(47-2)13-7-23)18-33(39(35)36)45(41(29)50)21-24-8-14-27(48-3)15-9-24/h4-15,28-33H,16-21H2,1-3H3/t28-,29-,30-,31+,32+,33+/m1/s1. The molecule has 0 bridgehead atoms. The second-order valence-electron chi connectivity index (χ2n) is 14.8. The van der Waals surface area contributed by atoms with E-state index in [0.29, 0.717) is 0 Å². The zero-order valence-corrected chi connectivity index (χ0v) is 31.4. The second kappa shape index (κ2) is 11.7. The van der Waals surface area contributed by atoms with Crippen molar-refractivity contribution in [2.24, 2.45) is 0 Å². The minimum atomic E-state index is 0.190. The summed E-state index contributed by atoms with van der Waals surface area (Å²) < 4.78 is 16.5. The number of ether oxygens (including phenoxy) is 3. The largest absolute Gasteiger partial charge is 0.497 e. The van der Waals surface area contributed by atoms with Crippen LogP contribution in [0.15, 0.2) is 72.8 Å². The molecule has 0 amide bonds. The van der Waals surface area contributed by atoms with E-state index < -0.39 is 0 Å². The Kier molecular flexibility index (Phi) is 7.29. The van der Waals surface area contributed by atoms with Crippen molar-refractivity contribution in [1.29, 1.82) is 0 Å². The Bertz CT molecular complexity index is 1870. The maximum Gasteiger partial charge on any atom is 0.118 e. The highest BCUT2D eigenvalue weighted by Gasteiger charge is 2.60. The van der Waals surface area contributed by atoms with Gasteiger partial charge in [-0.2, -0.15) is 0 Å². The third kappa shape index (κ3) is 4.53. The van der Waals surface area contributed by atoms with Crippen LogP contribution in [0.5, 0.6) is 17.2 Å². The number of nitrogens with zero attached hydrogens (tertiary/aromatic N) is 3. The van der Waals surface area contributed by atoms with Crippen molar-refractivity contribution in [3.05, 3.63) is 123 Å². The van der Waals surface area contributed by atoms with Crippen LogP contribution >= 0.6 is 36.7 Å². The highest BCUT2D eigenvalue weighted by atomic mass is 32.1. The summed E-state index contributed by atoms with van der Waals surface area (Å²) in [4.78, 5) is 10.9. The smallest absolute Gasteiger partial charge is 0.118 e. The number of hydrogen-bond donors (Lipinski definition) is 0. The molecule has 0 fully saturated rings. The summed E-state index contributed by atoms with van der Waals surface area (Å²) in [6.45, 7) is 2.32. The molecule has 3 aliphatic carbocycles. The molecular formula is C42H39N3O3S3. The van der Waals surface area contributed by atoms with Crippen LogP contribution in [0.25, 0.3) is 0 Å². The zero-order chi connectivity index (χ0) is 34.7. The number of methoxy groups -OCH3 is 3. The molecule has 6 nitrogen and oxygen atoms in total. The highest BCUT2D eigenvalue weighted by molar-refractivity contribution is 7.80. The molecular weight excluding hydrogens is 691 g/mol. The molecule has 0 aromatic heterocycles. The van der Waals surface area contributed by atoms with Crippen molar-refractivity contribution in [1.82, 2.24) is 14.7 Å². The van der Waals surface area contributed by atoms with Crippen molar-refractivity contribution >= 4 is 51.6 Å². The van der Waals surface area contributed by atoms with Gasteiger partial charge in [-0.1, -0.05) is 73.1 Å². The van der Waals surface area contributed by atoms with Crippen LogP contribution in [0.4, 0.5) is 0 Å². The van der Waals surface area contributed by atoms with Crippen LogP contribution in [-0.4, -0.2) is 51.0 Å². The summed E-state index contributed by atoms with van der Waals surface area (Å²) >= 11 is 19.7. The topological polar surface area (TPSA) is 37.4 Å². The molecule has 10 rings (SSSR count). The van der Waals surface area contributed by atoms with Crippen LogP contribution in [0.3, 0.4) is 0 Å². The van der Waals surface area contributed by atoms with Gasteiger partial charge < -0.3 is 28.9 Å². The third-order valence-corrected chi connectivity index (χ3v) is 14.1. The number of benzene rings is 4. The SMILES string of the molecule is COc1ccc(CN2C(=S)[C@@H]3C[C@H]4c5c3c3c6c7c5[C@@H](C[C@@H]7N(Cc5ccc(OC)cc5)C(=S)[C@@H]6C[C@@H]32)C(=S)N4Cc2ccc(OC)cc2)cc1. The highest BCUT2D eigenvalue weighted by Crippen LogP contribution is 2.68. The van der Waals surface area contributed by atoms with Crippen LogP contribution < -0.4 is 14.2 Å². The van der Waals surface area contributed by atoms with Crippen LogP contribution in [0.1, 0.15) is 105 Å². The Labute approximate surface area is 315 Å². The van der Waals surface area contributed by atoms with Gasteiger partial charge in [-0.25, -0.2) is 0 Å². The van der Waals surface area contributed by atoms with Crippen molar-refractivity contribution < 1.29 is 14.2 Å². The van der Waals surface area contributed by atoms with Crippen molar-refractivity contribution in [2.75, 3.05) is 21.3 Å². The Hall–Kier alpha value is -4.05. The average molecular weight is 730 g/mol. The van der Waals surface area contributed by atoms with E-state index in [1.165, 1.54) is 50.1 Å². The van der Waals surface area contributed by atoms with E-state index >= 15 is 0 Å². The molecule has 3 heterocycles. The first-order valence-corrected chi connectivity index (χ1v) is 19.1. The molecule has 51 heavy (non-hydrogen) atoms. The first kappa shape index (κ1) is 31.7. The monoisotopic (exact) mass is 729 g/mol. The van der Waals surface area contributed by atoms with Gasteiger partial charge in [0.25, 0.3) is 0 Å². The summed E-state index contributed by atoms with van der Waals surface area (Å²) in [7, 11) is 5.15. The van der Waals surface area contributed by atoms with Gasteiger partial charge in [0.1, 0.15) is 17.2 Å². The van der Waals surface area contributed by atoms with Crippen LogP contribution in [0, 0.1) is 0 Å². The van der Waals surface area contributed by atoms with Gasteiger partial charge in [0.2, 0.25) is 0 Å². The first-order chi connectivity index (χ1) is 24.9. The van der Waals surface area contributed by atoms with E-state index in [0.717, 1.165) is 71.1 Å². The van der Waals surface area contributed by atoms with E-state index in [9.17, 15) is 0 Å². The third-order valence-electron chi connectivity index (χ3n) is 12.6. The molecule has 4 aromatic rings. The predicted molar refractivity (Wildman–Crippen MR) is 210 cm³/mol. The Morgan fingerprint density at radius 2 is 0.686 bits per heavy atom. The van der Waals surface area contributed by atoms with Gasteiger partial charge in [-0.3, -0.25) is 0 Å². The molecule has 0 saturated heterocycles. The molecule has 0 spiro atoms. The predicted octanol–water partition coefficient (Wildman–Crippen LogP) is 8.83. The Balaban J connectivity index is 1.11. The van der Waals surface area contributed by atoms with Crippen molar-refractivity contribution in [3.63, 3.8) is 0 Å². The molecule has 0 N–H and O–H groups in total. The van der Waals surface area contributed by atoms with Gasteiger partial charge in [0.15, 0.2) is 0 Å². The molecule has 0 unspecified atom stereocenters. The summed E-state index contributed by atoms with van der Waals surface area (Å²) in [6.07, 6.45) is 2.88. The molecule has 9 heteroatoms. The quantitative estimate of drug-likeness (QED) is 0.157. The first-order valence-electron chi connectivity index (χ1n) is 17.9. The van der Waals surface area contributed by atoms with Gasteiger partial charge in [-0.05, 0) is 106 Å². The maximum absolute atomic E-state index is 6.57. The van der Waals surface area contributed by atoms with Gasteiger partial charge >= 0.3 is 0 Å².